The number of amides is 1. The van der Waals surface area contributed by atoms with E-state index in [0.29, 0.717) is 11.8 Å². The van der Waals surface area contributed by atoms with E-state index >= 15 is 0 Å². The molecule has 21 heavy (non-hydrogen) atoms. The molecule has 2 heterocycles. The number of piperidine rings is 1. The molecule has 114 valence electrons. The number of carbonyl (C=O) groups excluding carboxylic acids is 1. The molecule has 1 aromatic heterocycles. The van der Waals surface area contributed by atoms with Gasteiger partial charge < -0.3 is 14.7 Å². The normalized spacial score (nSPS) is 21.9. The van der Waals surface area contributed by atoms with Crippen molar-refractivity contribution in [2.24, 2.45) is 11.8 Å². The molecule has 1 fully saturated rings. The van der Waals surface area contributed by atoms with E-state index in [0.717, 1.165) is 19.5 Å². The van der Waals surface area contributed by atoms with E-state index in [1.54, 1.807) is 11.0 Å². The Labute approximate surface area is 123 Å². The molecule has 2 atom stereocenters. The molecule has 0 aliphatic carbocycles. The summed E-state index contributed by atoms with van der Waals surface area (Å²) in [4.78, 5) is 28.7. The summed E-state index contributed by atoms with van der Waals surface area (Å²) in [6, 6.07) is 3.09. The van der Waals surface area contributed by atoms with Crippen molar-refractivity contribution in [2.45, 2.75) is 20.3 Å². The van der Waals surface area contributed by atoms with Gasteiger partial charge in [-0.05, 0) is 30.4 Å². The van der Waals surface area contributed by atoms with Crippen LogP contribution in [0.5, 0.6) is 5.75 Å². The first-order valence-corrected chi connectivity index (χ1v) is 7.06. The lowest BCUT2D eigenvalue weighted by Crippen LogP contribution is -2.44. The van der Waals surface area contributed by atoms with E-state index in [9.17, 15) is 9.59 Å². The van der Waals surface area contributed by atoms with Crippen LogP contribution >= 0.6 is 0 Å². The fraction of sp³-hybridized carbons (Fsp3) is 0.533. The van der Waals surface area contributed by atoms with Crippen molar-refractivity contribution in [2.75, 3.05) is 19.7 Å². The van der Waals surface area contributed by atoms with Crippen molar-refractivity contribution in [3.8, 4) is 5.75 Å². The van der Waals surface area contributed by atoms with Crippen LogP contribution in [-0.4, -0.2) is 46.6 Å². The fourth-order valence-corrected chi connectivity index (χ4v) is 2.76. The zero-order valence-corrected chi connectivity index (χ0v) is 12.3. The average molecular weight is 292 g/mol. The van der Waals surface area contributed by atoms with Crippen molar-refractivity contribution in [3.05, 3.63) is 24.0 Å². The smallest absolute Gasteiger partial charge is 0.358 e. The number of carbonyl (C=O) groups is 2. The van der Waals surface area contributed by atoms with Crippen molar-refractivity contribution in [1.82, 2.24) is 9.88 Å². The molecule has 6 heteroatoms. The van der Waals surface area contributed by atoms with Gasteiger partial charge in [0.15, 0.2) is 18.1 Å². The third-order valence-electron chi connectivity index (χ3n) is 3.55. The van der Waals surface area contributed by atoms with Crippen LogP contribution in [0.3, 0.4) is 0 Å². The molecule has 0 bridgehead atoms. The number of pyridine rings is 1. The molecule has 6 nitrogen and oxygen atoms in total. The van der Waals surface area contributed by atoms with E-state index in [1.807, 2.05) is 0 Å². The lowest BCUT2D eigenvalue weighted by Gasteiger charge is -2.34. The zero-order chi connectivity index (χ0) is 15.4. The third-order valence-corrected chi connectivity index (χ3v) is 3.55. The minimum atomic E-state index is -1.17. The molecule has 1 aliphatic rings. The first kappa shape index (κ1) is 15.3. The molecule has 0 spiro atoms. The van der Waals surface area contributed by atoms with E-state index in [-0.39, 0.29) is 24.0 Å². The molecule has 0 saturated carbocycles. The molecule has 0 radical (unpaired) electrons. The van der Waals surface area contributed by atoms with Crippen LogP contribution in [-0.2, 0) is 4.79 Å². The molecule has 1 aliphatic heterocycles. The van der Waals surface area contributed by atoms with Gasteiger partial charge in [-0.15, -0.1) is 0 Å². The van der Waals surface area contributed by atoms with Gasteiger partial charge in [0, 0.05) is 19.3 Å². The summed E-state index contributed by atoms with van der Waals surface area (Å²) in [6.07, 6.45) is 2.50. The summed E-state index contributed by atoms with van der Waals surface area (Å²) in [5, 5.41) is 9.01. The molecule has 1 aromatic rings. The van der Waals surface area contributed by atoms with Gasteiger partial charge in [-0.25, -0.2) is 9.78 Å². The van der Waals surface area contributed by atoms with Crippen LogP contribution in [0.2, 0.25) is 0 Å². The standard InChI is InChI=1S/C15H20N2O4/c1-10-6-11(2)8-17(7-10)13(18)9-21-12-4-3-5-16-14(12)15(19)20/h3-5,10-11H,6-9H2,1-2H3,(H,19,20). The van der Waals surface area contributed by atoms with Crippen molar-refractivity contribution in [1.29, 1.82) is 0 Å². The number of aromatic nitrogens is 1. The molecule has 2 rings (SSSR count). The van der Waals surface area contributed by atoms with E-state index < -0.39 is 5.97 Å². The Morgan fingerprint density at radius 3 is 2.67 bits per heavy atom. The maximum Gasteiger partial charge on any atom is 0.358 e. The van der Waals surface area contributed by atoms with Gasteiger partial charge in [0.25, 0.3) is 5.91 Å². The van der Waals surface area contributed by atoms with Gasteiger partial charge in [-0.2, -0.15) is 0 Å². The molecule has 2 unspecified atom stereocenters. The summed E-state index contributed by atoms with van der Waals surface area (Å²) >= 11 is 0. The number of hydrogen-bond donors (Lipinski definition) is 1. The Morgan fingerprint density at radius 2 is 2.05 bits per heavy atom. The summed E-state index contributed by atoms with van der Waals surface area (Å²) < 4.78 is 5.35. The molecular formula is C15H20N2O4. The lowest BCUT2D eigenvalue weighted by atomic mass is 9.92. The quantitative estimate of drug-likeness (QED) is 0.913. The summed E-state index contributed by atoms with van der Waals surface area (Å²) in [6.45, 7) is 5.54. The monoisotopic (exact) mass is 292 g/mol. The second kappa shape index (κ2) is 6.56. The Hall–Kier alpha value is -2.11. The Bertz CT molecular complexity index is 522. The summed E-state index contributed by atoms with van der Waals surface area (Å²) in [5.41, 5.74) is -0.175. The molecule has 1 saturated heterocycles. The van der Waals surface area contributed by atoms with Crippen LogP contribution in [0.4, 0.5) is 0 Å². The highest BCUT2D eigenvalue weighted by Gasteiger charge is 2.25. The molecule has 1 N–H and O–H groups in total. The number of carboxylic acid groups (broad SMARTS) is 1. The molecule has 0 aromatic carbocycles. The van der Waals surface area contributed by atoms with Gasteiger partial charge in [-0.3, -0.25) is 4.79 Å². The number of likely N-dealkylation sites (tertiary alicyclic amines) is 1. The minimum Gasteiger partial charge on any atom is -0.481 e. The molecule has 1 amide bonds. The maximum atomic E-state index is 12.2. The summed E-state index contributed by atoms with van der Waals surface area (Å²) in [5.74, 6) is -0.209. The topological polar surface area (TPSA) is 79.7 Å². The predicted molar refractivity (Wildman–Crippen MR) is 76.2 cm³/mol. The van der Waals surface area contributed by atoms with E-state index in [4.69, 9.17) is 9.84 Å². The van der Waals surface area contributed by atoms with Crippen molar-refractivity contribution < 1.29 is 19.4 Å². The maximum absolute atomic E-state index is 12.2. The Kier molecular flexibility index (Phi) is 4.77. The van der Waals surface area contributed by atoms with Gasteiger partial charge in [0.2, 0.25) is 0 Å². The van der Waals surface area contributed by atoms with Gasteiger partial charge in [-0.1, -0.05) is 13.8 Å². The minimum absolute atomic E-state index is 0.117. The highest BCUT2D eigenvalue weighted by atomic mass is 16.5. The number of ether oxygens (including phenoxy) is 1. The third kappa shape index (κ3) is 3.93. The van der Waals surface area contributed by atoms with Crippen LogP contribution in [0.1, 0.15) is 30.8 Å². The van der Waals surface area contributed by atoms with Gasteiger partial charge >= 0.3 is 5.97 Å². The Balaban J connectivity index is 1.97. The molecular weight excluding hydrogens is 272 g/mol. The largest absolute Gasteiger partial charge is 0.481 e. The number of rotatable bonds is 4. The number of carboxylic acids is 1. The second-order valence-electron chi connectivity index (χ2n) is 5.69. The predicted octanol–water partition coefficient (Wildman–Crippen LogP) is 1.66. The summed E-state index contributed by atoms with van der Waals surface area (Å²) in [7, 11) is 0. The van der Waals surface area contributed by atoms with E-state index in [2.05, 4.69) is 18.8 Å². The second-order valence-corrected chi connectivity index (χ2v) is 5.69. The first-order valence-electron chi connectivity index (χ1n) is 7.06. The average Bonchev–Trinajstić information content (AvgIpc) is 2.43. The van der Waals surface area contributed by atoms with Crippen LogP contribution < -0.4 is 4.74 Å². The van der Waals surface area contributed by atoms with Crippen LogP contribution in [0, 0.1) is 11.8 Å². The van der Waals surface area contributed by atoms with Gasteiger partial charge in [0.1, 0.15) is 0 Å². The highest BCUT2D eigenvalue weighted by molar-refractivity contribution is 5.88. The lowest BCUT2D eigenvalue weighted by molar-refractivity contribution is -0.136. The van der Waals surface area contributed by atoms with Crippen LogP contribution in [0.15, 0.2) is 18.3 Å². The van der Waals surface area contributed by atoms with Gasteiger partial charge in [0.05, 0.1) is 0 Å². The first-order chi connectivity index (χ1) is 9.97. The SMILES string of the molecule is CC1CC(C)CN(C(=O)COc2cccnc2C(=O)O)C1. The highest BCUT2D eigenvalue weighted by Crippen LogP contribution is 2.21. The number of aromatic carboxylic acids is 1. The van der Waals surface area contributed by atoms with Crippen molar-refractivity contribution in [3.63, 3.8) is 0 Å². The van der Waals surface area contributed by atoms with Crippen molar-refractivity contribution >= 4 is 11.9 Å². The number of hydrogen-bond acceptors (Lipinski definition) is 4. The number of nitrogens with zero attached hydrogens (tertiary/aromatic N) is 2. The van der Waals surface area contributed by atoms with E-state index in [1.165, 1.54) is 12.3 Å². The fourth-order valence-electron chi connectivity index (χ4n) is 2.76. The van der Waals surface area contributed by atoms with Crippen LogP contribution in [0.25, 0.3) is 0 Å². The Morgan fingerprint density at radius 1 is 1.38 bits per heavy atom. The zero-order valence-electron chi connectivity index (χ0n) is 12.3.